The van der Waals surface area contributed by atoms with Gasteiger partial charge in [0, 0.05) is 37.4 Å². The van der Waals surface area contributed by atoms with Gasteiger partial charge in [0.2, 0.25) is 0 Å². The molecule has 2 N–H and O–H groups in total. The number of benzene rings is 1. The normalized spacial score (nSPS) is 17.4. The van der Waals surface area contributed by atoms with Crippen LogP contribution in [-0.4, -0.2) is 61.1 Å². The van der Waals surface area contributed by atoms with Crippen LogP contribution in [0.1, 0.15) is 55.6 Å². The molecule has 172 valence electrons. The second kappa shape index (κ2) is 10.3. The predicted molar refractivity (Wildman–Crippen MR) is 121 cm³/mol. The lowest BCUT2D eigenvalue weighted by molar-refractivity contribution is 0.0888. The number of ether oxygens (including phenoxy) is 1. The third-order valence-corrected chi connectivity index (χ3v) is 6.14. The van der Waals surface area contributed by atoms with Gasteiger partial charge in [-0.05, 0) is 66.6 Å². The van der Waals surface area contributed by atoms with Crippen LogP contribution in [0.15, 0.2) is 29.1 Å². The second-order valence-corrected chi connectivity index (χ2v) is 8.54. The van der Waals surface area contributed by atoms with Crippen molar-refractivity contribution in [1.29, 1.82) is 0 Å². The Labute approximate surface area is 187 Å². The number of aromatic nitrogens is 5. The molecule has 1 saturated heterocycles. The molecule has 2 atom stereocenters. The van der Waals surface area contributed by atoms with Crippen LogP contribution in [0.3, 0.4) is 0 Å². The molecule has 1 aromatic carbocycles. The summed E-state index contributed by atoms with van der Waals surface area (Å²) in [5.41, 5.74) is 2.58. The van der Waals surface area contributed by atoms with Gasteiger partial charge in [-0.15, -0.1) is 5.10 Å². The van der Waals surface area contributed by atoms with Gasteiger partial charge in [0.25, 0.3) is 5.56 Å². The van der Waals surface area contributed by atoms with Crippen molar-refractivity contribution in [3.63, 3.8) is 0 Å². The minimum Gasteiger partial charge on any atom is -0.396 e. The maximum absolute atomic E-state index is 12.8. The summed E-state index contributed by atoms with van der Waals surface area (Å²) in [5.74, 6) is 0.772. The molecule has 1 fully saturated rings. The molecule has 0 unspecified atom stereocenters. The molecular weight excluding hydrogens is 408 g/mol. The summed E-state index contributed by atoms with van der Waals surface area (Å²) in [4.78, 5) is 18.0. The average Bonchev–Trinajstić information content (AvgIpc) is 3.46. The van der Waals surface area contributed by atoms with Crippen LogP contribution in [0.2, 0.25) is 0 Å². The van der Waals surface area contributed by atoms with Crippen molar-refractivity contribution in [3.05, 3.63) is 51.6 Å². The van der Waals surface area contributed by atoms with Crippen LogP contribution >= 0.6 is 0 Å². The maximum Gasteiger partial charge on any atom is 0.252 e. The molecule has 32 heavy (non-hydrogen) atoms. The van der Waals surface area contributed by atoms with Crippen LogP contribution in [0.25, 0.3) is 10.9 Å². The topological polar surface area (TPSA) is 109 Å². The van der Waals surface area contributed by atoms with Gasteiger partial charge in [0.15, 0.2) is 5.82 Å². The first-order chi connectivity index (χ1) is 15.6. The summed E-state index contributed by atoms with van der Waals surface area (Å²) in [7, 11) is 0. The highest BCUT2D eigenvalue weighted by atomic mass is 16.5. The Morgan fingerprint density at radius 2 is 2.25 bits per heavy atom. The standard InChI is InChI=1S/C23H32N6O3/c1-3-21(22-25-26-27-29(22)15-19-6-4-11-32-19)28(9-5-10-30)14-18-13-17-12-16(2)7-8-20(17)24-23(18)31/h7-8,12-13,19,21,30H,3-6,9-11,14-15H2,1-2H3,(H,24,31)/t19-,21-/m1/s1. The number of pyridine rings is 1. The Morgan fingerprint density at radius 3 is 3.00 bits per heavy atom. The number of H-pyrrole nitrogens is 1. The first kappa shape index (κ1) is 22.6. The van der Waals surface area contributed by atoms with Crippen LogP contribution < -0.4 is 5.56 Å². The van der Waals surface area contributed by atoms with Gasteiger partial charge in [-0.25, -0.2) is 4.68 Å². The molecule has 0 radical (unpaired) electrons. The molecule has 9 heteroatoms. The highest BCUT2D eigenvalue weighted by molar-refractivity contribution is 5.79. The van der Waals surface area contributed by atoms with Crippen LogP contribution in [-0.2, 0) is 17.8 Å². The van der Waals surface area contributed by atoms with E-state index in [-0.39, 0.29) is 24.3 Å². The van der Waals surface area contributed by atoms with E-state index in [4.69, 9.17) is 4.74 Å². The Morgan fingerprint density at radius 1 is 1.38 bits per heavy atom. The van der Waals surface area contributed by atoms with E-state index in [2.05, 4.69) is 38.4 Å². The average molecular weight is 441 g/mol. The van der Waals surface area contributed by atoms with E-state index in [1.54, 1.807) is 0 Å². The largest absolute Gasteiger partial charge is 0.396 e. The SMILES string of the molecule is CC[C@H](c1nnnn1C[C@H]1CCCO1)N(CCCO)Cc1cc2cc(C)ccc2[nH]c1=O. The Bertz CT molecular complexity index is 1090. The number of hydrogen-bond acceptors (Lipinski definition) is 7. The molecule has 4 rings (SSSR count). The lowest BCUT2D eigenvalue weighted by Gasteiger charge is -2.30. The predicted octanol–water partition coefficient (Wildman–Crippen LogP) is 2.34. The molecule has 2 aromatic heterocycles. The minimum atomic E-state index is -0.0934. The smallest absolute Gasteiger partial charge is 0.252 e. The van der Waals surface area contributed by atoms with Gasteiger partial charge in [-0.3, -0.25) is 9.69 Å². The fourth-order valence-corrected chi connectivity index (χ4v) is 4.49. The van der Waals surface area contributed by atoms with Gasteiger partial charge in [0.05, 0.1) is 18.7 Å². The highest BCUT2D eigenvalue weighted by Gasteiger charge is 2.27. The summed E-state index contributed by atoms with van der Waals surface area (Å²) in [6, 6.07) is 7.90. The van der Waals surface area contributed by atoms with Crippen molar-refractivity contribution in [2.24, 2.45) is 0 Å². The third kappa shape index (κ3) is 5.06. The number of aliphatic hydroxyl groups excluding tert-OH is 1. The fraction of sp³-hybridized carbons (Fsp3) is 0.565. The zero-order valence-electron chi connectivity index (χ0n) is 18.8. The number of rotatable bonds is 10. The first-order valence-electron chi connectivity index (χ1n) is 11.4. The molecule has 9 nitrogen and oxygen atoms in total. The van der Waals surface area contributed by atoms with Crippen molar-refractivity contribution in [1.82, 2.24) is 30.1 Å². The number of aromatic amines is 1. The zero-order chi connectivity index (χ0) is 22.5. The summed E-state index contributed by atoms with van der Waals surface area (Å²) in [6.07, 6.45) is 3.59. The Kier molecular flexibility index (Phi) is 7.29. The molecule has 0 bridgehead atoms. The van der Waals surface area contributed by atoms with Gasteiger partial charge in [-0.2, -0.15) is 0 Å². The molecule has 1 aliphatic rings. The maximum atomic E-state index is 12.8. The van der Waals surface area contributed by atoms with Crippen molar-refractivity contribution in [2.45, 2.75) is 64.8 Å². The van der Waals surface area contributed by atoms with Gasteiger partial charge >= 0.3 is 0 Å². The van der Waals surface area contributed by atoms with Crippen LogP contribution in [0.5, 0.6) is 0 Å². The molecule has 3 aromatic rings. The van der Waals surface area contributed by atoms with E-state index in [1.165, 1.54) is 0 Å². The van der Waals surface area contributed by atoms with Crippen molar-refractivity contribution < 1.29 is 9.84 Å². The molecule has 0 saturated carbocycles. The quantitative estimate of drug-likeness (QED) is 0.498. The minimum absolute atomic E-state index is 0.0782. The number of hydrogen-bond donors (Lipinski definition) is 2. The van der Waals surface area contributed by atoms with Crippen molar-refractivity contribution in [2.75, 3.05) is 19.8 Å². The van der Waals surface area contributed by atoms with E-state index in [9.17, 15) is 9.90 Å². The van der Waals surface area contributed by atoms with Crippen LogP contribution in [0.4, 0.5) is 0 Å². The summed E-state index contributed by atoms with van der Waals surface area (Å²) in [5, 5.41) is 23.0. The van der Waals surface area contributed by atoms with E-state index in [0.29, 0.717) is 31.6 Å². The third-order valence-electron chi connectivity index (χ3n) is 6.14. The lowest BCUT2D eigenvalue weighted by Crippen LogP contribution is -2.34. The van der Waals surface area contributed by atoms with Crippen LogP contribution in [0, 0.1) is 6.92 Å². The second-order valence-electron chi connectivity index (χ2n) is 8.54. The number of aliphatic hydroxyl groups is 1. The number of nitrogens with one attached hydrogen (secondary N) is 1. The summed E-state index contributed by atoms with van der Waals surface area (Å²) in [6.45, 7) is 6.71. The van der Waals surface area contributed by atoms with E-state index in [1.807, 2.05) is 29.8 Å². The zero-order valence-corrected chi connectivity index (χ0v) is 18.8. The van der Waals surface area contributed by atoms with Gasteiger partial charge < -0.3 is 14.8 Å². The number of aryl methyl sites for hydroxylation is 1. The summed E-state index contributed by atoms with van der Waals surface area (Å²) < 4.78 is 7.61. The van der Waals surface area contributed by atoms with E-state index < -0.39 is 0 Å². The number of fused-ring (bicyclic) bond motifs is 1. The van der Waals surface area contributed by atoms with E-state index in [0.717, 1.165) is 48.2 Å². The highest BCUT2D eigenvalue weighted by Crippen LogP contribution is 2.26. The van der Waals surface area contributed by atoms with Gasteiger partial charge in [0.1, 0.15) is 0 Å². The lowest BCUT2D eigenvalue weighted by atomic mass is 10.1. The molecule has 3 heterocycles. The summed E-state index contributed by atoms with van der Waals surface area (Å²) >= 11 is 0. The first-order valence-corrected chi connectivity index (χ1v) is 11.4. The fourth-order valence-electron chi connectivity index (χ4n) is 4.49. The monoisotopic (exact) mass is 440 g/mol. The number of nitrogens with zero attached hydrogens (tertiary/aromatic N) is 5. The molecule has 0 amide bonds. The van der Waals surface area contributed by atoms with Gasteiger partial charge in [-0.1, -0.05) is 18.6 Å². The Balaban J connectivity index is 1.63. The van der Waals surface area contributed by atoms with E-state index >= 15 is 0 Å². The van der Waals surface area contributed by atoms with Crippen molar-refractivity contribution in [3.8, 4) is 0 Å². The molecule has 0 aliphatic carbocycles. The molecule has 0 spiro atoms. The Hall–Kier alpha value is -2.62. The molecular formula is C23H32N6O3. The van der Waals surface area contributed by atoms with Crippen molar-refractivity contribution >= 4 is 10.9 Å². The molecule has 1 aliphatic heterocycles. The number of tetrazole rings is 1.